The van der Waals surface area contributed by atoms with Crippen LogP contribution in [0.1, 0.15) is 38.7 Å². The Kier molecular flexibility index (Phi) is 7.94. The normalized spacial score (nSPS) is 17.6. The number of aryl methyl sites for hydroxylation is 1. The fourth-order valence-electron chi connectivity index (χ4n) is 4.80. The molecule has 2 aromatic carbocycles. The topological polar surface area (TPSA) is 118 Å². The molecule has 4 aromatic rings. The Balaban J connectivity index is 1.47. The van der Waals surface area contributed by atoms with Gasteiger partial charge in [0.05, 0.1) is 22.7 Å². The van der Waals surface area contributed by atoms with Gasteiger partial charge in [0.1, 0.15) is 5.75 Å². The van der Waals surface area contributed by atoms with Gasteiger partial charge in [-0.3, -0.25) is 4.72 Å². The minimum absolute atomic E-state index is 0.0576. The number of anilines is 2. The van der Waals surface area contributed by atoms with E-state index in [2.05, 4.69) is 32.2 Å². The first-order chi connectivity index (χ1) is 18.8. The minimum atomic E-state index is -3.45. The third-order valence-electron chi connectivity index (χ3n) is 6.84. The van der Waals surface area contributed by atoms with E-state index >= 15 is 0 Å². The molecule has 0 amide bonds. The number of rotatable bonds is 9. The summed E-state index contributed by atoms with van der Waals surface area (Å²) in [5.41, 5.74) is 2.84. The van der Waals surface area contributed by atoms with Crippen molar-refractivity contribution < 1.29 is 13.2 Å². The molecule has 2 atom stereocenters. The summed E-state index contributed by atoms with van der Waals surface area (Å²) in [5, 5.41) is 8.47. The third-order valence-corrected chi connectivity index (χ3v) is 8.32. The molecule has 5 rings (SSSR count). The van der Waals surface area contributed by atoms with Crippen molar-refractivity contribution in [1.29, 1.82) is 0 Å². The molecule has 3 N–H and O–H groups in total. The van der Waals surface area contributed by atoms with E-state index in [9.17, 15) is 8.42 Å². The summed E-state index contributed by atoms with van der Waals surface area (Å²) in [6.07, 6.45) is 6.11. The number of piperidine rings is 1. The van der Waals surface area contributed by atoms with Gasteiger partial charge in [-0.05, 0) is 62.9 Å². The maximum absolute atomic E-state index is 12.5. The van der Waals surface area contributed by atoms with E-state index in [-0.39, 0.29) is 11.8 Å². The number of sulfonamides is 1. The van der Waals surface area contributed by atoms with Gasteiger partial charge in [-0.25, -0.2) is 23.4 Å². The Morgan fingerprint density at radius 2 is 1.90 bits per heavy atom. The summed E-state index contributed by atoms with van der Waals surface area (Å²) in [6, 6.07) is 15.7. The second-order valence-electron chi connectivity index (χ2n) is 9.98. The lowest BCUT2D eigenvalue weighted by Gasteiger charge is -2.28. The number of hydrogen-bond acceptors (Lipinski definition) is 8. The van der Waals surface area contributed by atoms with Crippen LogP contribution in [0, 0.1) is 6.92 Å². The van der Waals surface area contributed by atoms with Crippen molar-refractivity contribution in [3.63, 3.8) is 0 Å². The Bertz CT molecular complexity index is 1570. The van der Waals surface area contributed by atoms with Crippen LogP contribution in [-0.4, -0.2) is 47.8 Å². The second kappa shape index (κ2) is 11.5. The van der Waals surface area contributed by atoms with Crippen molar-refractivity contribution in [2.75, 3.05) is 22.3 Å². The molecule has 1 fully saturated rings. The lowest BCUT2D eigenvalue weighted by molar-refractivity contribution is 0.397. The Morgan fingerprint density at radius 1 is 1.03 bits per heavy atom. The van der Waals surface area contributed by atoms with Gasteiger partial charge in [-0.1, -0.05) is 31.2 Å². The van der Waals surface area contributed by atoms with Crippen LogP contribution in [-0.2, 0) is 10.0 Å². The van der Waals surface area contributed by atoms with Crippen LogP contribution in [0.25, 0.3) is 22.0 Å². The van der Waals surface area contributed by atoms with E-state index < -0.39 is 10.0 Å². The van der Waals surface area contributed by atoms with Crippen LogP contribution in [0.4, 0.5) is 11.6 Å². The zero-order chi connectivity index (χ0) is 27.4. The summed E-state index contributed by atoms with van der Waals surface area (Å²) in [6.45, 7) is 6.86. The van der Waals surface area contributed by atoms with Crippen molar-refractivity contribution in [3.05, 3.63) is 66.5 Å². The molecule has 1 saturated heterocycles. The molecule has 0 saturated carbocycles. The van der Waals surface area contributed by atoms with Crippen LogP contribution in [0.3, 0.4) is 0 Å². The summed E-state index contributed by atoms with van der Waals surface area (Å²) in [7, 11) is -3.45. The van der Waals surface area contributed by atoms with Gasteiger partial charge in [0.2, 0.25) is 21.9 Å². The standard InChI is InChI=1S/C29H34N6O3S/c1-4-17-39(36,37)35-26-9-5-7-23-22(26)13-10-19(2)27(23)38-28-24(8-6-15-30-28)25-14-16-31-29(34-25)33-21-12-11-20(3)32-18-21/h5-10,13-16,20-21,32,35H,4,11-12,17-18H2,1-3H3,(H,31,33,34). The largest absolute Gasteiger partial charge is 0.437 e. The van der Waals surface area contributed by atoms with E-state index in [1.165, 1.54) is 0 Å². The van der Waals surface area contributed by atoms with Crippen LogP contribution < -0.4 is 20.1 Å². The average molecular weight is 547 g/mol. The molecule has 204 valence electrons. The molecular formula is C29H34N6O3S. The van der Waals surface area contributed by atoms with Crippen LogP contribution in [0.2, 0.25) is 0 Å². The first-order valence-corrected chi connectivity index (χ1v) is 15.0. The molecule has 2 aromatic heterocycles. The molecule has 0 bridgehead atoms. The molecule has 39 heavy (non-hydrogen) atoms. The first kappa shape index (κ1) is 26.8. The number of nitrogens with zero attached hydrogens (tertiary/aromatic N) is 3. The van der Waals surface area contributed by atoms with Crippen LogP contribution >= 0.6 is 0 Å². The highest BCUT2D eigenvalue weighted by molar-refractivity contribution is 7.92. The summed E-state index contributed by atoms with van der Waals surface area (Å²) < 4.78 is 34.2. The molecule has 0 aliphatic carbocycles. The lowest BCUT2D eigenvalue weighted by Crippen LogP contribution is -2.43. The van der Waals surface area contributed by atoms with Crippen molar-refractivity contribution in [2.45, 2.75) is 52.1 Å². The zero-order valence-electron chi connectivity index (χ0n) is 22.4. The highest BCUT2D eigenvalue weighted by Gasteiger charge is 2.20. The molecule has 10 heteroatoms. The fraction of sp³-hybridized carbons (Fsp3) is 0.345. The van der Waals surface area contributed by atoms with Gasteiger partial charge in [0.15, 0.2) is 0 Å². The Labute approximate surface area is 229 Å². The maximum atomic E-state index is 12.5. The highest BCUT2D eigenvalue weighted by atomic mass is 32.2. The smallest absolute Gasteiger partial charge is 0.232 e. The van der Waals surface area contributed by atoms with Crippen molar-refractivity contribution in [2.24, 2.45) is 0 Å². The molecule has 0 radical (unpaired) electrons. The monoisotopic (exact) mass is 546 g/mol. The molecule has 0 spiro atoms. The number of fused-ring (bicyclic) bond motifs is 1. The molecule has 3 heterocycles. The predicted octanol–water partition coefficient (Wildman–Crippen LogP) is 5.50. The van der Waals surface area contributed by atoms with Crippen molar-refractivity contribution >= 4 is 32.4 Å². The number of ether oxygens (including phenoxy) is 1. The van der Waals surface area contributed by atoms with Crippen LogP contribution in [0.15, 0.2) is 60.9 Å². The average Bonchev–Trinajstić information content (AvgIpc) is 2.92. The quantitative estimate of drug-likeness (QED) is 0.252. The van der Waals surface area contributed by atoms with E-state index in [1.807, 2.05) is 56.3 Å². The van der Waals surface area contributed by atoms with Gasteiger partial charge in [-0.2, -0.15) is 0 Å². The Morgan fingerprint density at radius 3 is 2.69 bits per heavy atom. The van der Waals surface area contributed by atoms with Crippen molar-refractivity contribution in [3.8, 4) is 22.9 Å². The minimum Gasteiger partial charge on any atom is -0.437 e. The van der Waals surface area contributed by atoms with Gasteiger partial charge in [-0.15, -0.1) is 0 Å². The number of pyridine rings is 1. The van der Waals surface area contributed by atoms with Gasteiger partial charge in [0, 0.05) is 41.8 Å². The van der Waals surface area contributed by atoms with E-state index in [0.29, 0.717) is 41.4 Å². The van der Waals surface area contributed by atoms with Gasteiger partial charge < -0.3 is 15.4 Å². The maximum Gasteiger partial charge on any atom is 0.232 e. The molecule has 1 aliphatic heterocycles. The zero-order valence-corrected chi connectivity index (χ0v) is 23.3. The highest BCUT2D eigenvalue weighted by Crippen LogP contribution is 2.38. The molecule has 1 aliphatic rings. The number of hydrogen-bond donors (Lipinski definition) is 3. The fourth-order valence-corrected chi connectivity index (χ4v) is 5.95. The predicted molar refractivity (Wildman–Crippen MR) is 156 cm³/mol. The van der Waals surface area contributed by atoms with E-state index in [4.69, 9.17) is 9.72 Å². The molecule has 2 unspecified atom stereocenters. The second-order valence-corrected chi connectivity index (χ2v) is 11.8. The number of benzene rings is 2. The Hall–Kier alpha value is -3.76. The summed E-state index contributed by atoms with van der Waals surface area (Å²) >= 11 is 0. The van der Waals surface area contributed by atoms with E-state index in [0.717, 1.165) is 41.3 Å². The summed E-state index contributed by atoms with van der Waals surface area (Å²) in [4.78, 5) is 13.7. The summed E-state index contributed by atoms with van der Waals surface area (Å²) in [5.74, 6) is 1.64. The SMILES string of the molecule is CCCS(=O)(=O)Nc1cccc2c(Oc3ncccc3-c3ccnc(NC4CCC(C)NC4)n3)c(C)ccc12. The van der Waals surface area contributed by atoms with Gasteiger partial charge >= 0.3 is 0 Å². The van der Waals surface area contributed by atoms with E-state index in [1.54, 1.807) is 18.5 Å². The lowest BCUT2D eigenvalue weighted by atomic mass is 10.0. The van der Waals surface area contributed by atoms with Gasteiger partial charge in [0.25, 0.3) is 0 Å². The molecular weight excluding hydrogens is 512 g/mol. The number of nitrogens with one attached hydrogen (secondary N) is 3. The first-order valence-electron chi connectivity index (χ1n) is 13.3. The third kappa shape index (κ3) is 6.29. The van der Waals surface area contributed by atoms with Crippen LogP contribution in [0.5, 0.6) is 11.6 Å². The number of aromatic nitrogens is 3. The molecule has 9 nitrogen and oxygen atoms in total. The van der Waals surface area contributed by atoms with Crippen molar-refractivity contribution in [1.82, 2.24) is 20.3 Å².